The molecule has 0 aliphatic carbocycles. The molecule has 168 valence electrons. The second kappa shape index (κ2) is 9.64. The van der Waals surface area contributed by atoms with Gasteiger partial charge in [-0.1, -0.05) is 23.3 Å². The Hall–Kier alpha value is -3.67. The van der Waals surface area contributed by atoms with Crippen LogP contribution in [0.15, 0.2) is 62.8 Å². The molecule has 0 spiro atoms. The van der Waals surface area contributed by atoms with Gasteiger partial charge < -0.3 is 24.5 Å². The number of phenols is 3. The van der Waals surface area contributed by atoms with Crippen LogP contribution in [0.3, 0.4) is 0 Å². The van der Waals surface area contributed by atoms with E-state index in [4.69, 9.17) is 9.15 Å². The number of fused-ring (bicyclic) bond motifs is 1. The fraction of sp³-hybridized carbons (Fsp3) is 0.269. The van der Waals surface area contributed by atoms with Gasteiger partial charge in [-0.25, -0.2) is 0 Å². The summed E-state index contributed by atoms with van der Waals surface area (Å²) in [6, 6.07) is 6.75. The highest BCUT2D eigenvalue weighted by atomic mass is 16.5. The molecule has 2 aromatic carbocycles. The first-order valence-electron chi connectivity index (χ1n) is 10.4. The van der Waals surface area contributed by atoms with Crippen molar-refractivity contribution in [3.05, 3.63) is 69.4 Å². The smallest absolute Gasteiger partial charge is 0.197 e. The highest BCUT2D eigenvalue weighted by molar-refractivity contribution is 5.86. The third-order valence-electron chi connectivity index (χ3n) is 5.22. The van der Waals surface area contributed by atoms with Gasteiger partial charge in [-0.05, 0) is 51.7 Å². The fourth-order valence-electron chi connectivity index (χ4n) is 3.52. The van der Waals surface area contributed by atoms with Crippen molar-refractivity contribution in [1.29, 1.82) is 0 Å². The van der Waals surface area contributed by atoms with Crippen LogP contribution in [0.1, 0.15) is 39.2 Å². The van der Waals surface area contributed by atoms with Crippen LogP contribution in [0.2, 0.25) is 0 Å². The van der Waals surface area contributed by atoms with Gasteiger partial charge in [0.2, 0.25) is 0 Å². The Labute approximate surface area is 186 Å². The third kappa shape index (κ3) is 5.14. The van der Waals surface area contributed by atoms with Crippen molar-refractivity contribution in [1.82, 2.24) is 0 Å². The van der Waals surface area contributed by atoms with Gasteiger partial charge in [0.05, 0.1) is 12.7 Å². The minimum atomic E-state index is -0.481. The Morgan fingerprint density at radius 2 is 1.75 bits per heavy atom. The second-order valence-corrected chi connectivity index (χ2v) is 8.07. The zero-order valence-electron chi connectivity index (χ0n) is 18.7. The van der Waals surface area contributed by atoms with Crippen LogP contribution in [0.4, 0.5) is 0 Å². The largest absolute Gasteiger partial charge is 0.508 e. The molecule has 0 radical (unpaired) electrons. The molecule has 0 atom stereocenters. The van der Waals surface area contributed by atoms with Gasteiger partial charge in [-0.3, -0.25) is 4.79 Å². The Morgan fingerprint density at radius 3 is 2.44 bits per heavy atom. The van der Waals surface area contributed by atoms with Crippen LogP contribution in [-0.4, -0.2) is 22.4 Å². The number of phenolic OH excluding ortho intramolecular Hbond substituents is 3. The average molecular weight is 437 g/mol. The van der Waals surface area contributed by atoms with E-state index in [1.807, 2.05) is 0 Å². The zero-order valence-corrected chi connectivity index (χ0v) is 18.7. The highest BCUT2D eigenvalue weighted by Crippen LogP contribution is 2.37. The van der Waals surface area contributed by atoms with Gasteiger partial charge in [-0.15, -0.1) is 0 Å². The molecule has 0 aliphatic rings. The molecule has 0 fully saturated rings. The van der Waals surface area contributed by atoms with E-state index >= 15 is 0 Å². The van der Waals surface area contributed by atoms with E-state index in [1.165, 1.54) is 36.5 Å². The topological polar surface area (TPSA) is 100 Å². The quantitative estimate of drug-likeness (QED) is 0.404. The van der Waals surface area contributed by atoms with Crippen LogP contribution in [-0.2, 0) is 6.42 Å². The van der Waals surface area contributed by atoms with Crippen molar-refractivity contribution < 1.29 is 24.5 Å². The lowest BCUT2D eigenvalue weighted by atomic mass is 10.0. The van der Waals surface area contributed by atoms with Crippen molar-refractivity contribution in [2.75, 3.05) is 7.11 Å². The Bertz CT molecular complexity index is 1260. The first-order valence-corrected chi connectivity index (χ1v) is 10.4. The van der Waals surface area contributed by atoms with Crippen molar-refractivity contribution in [2.24, 2.45) is 0 Å². The summed E-state index contributed by atoms with van der Waals surface area (Å²) in [7, 11) is 1.53. The summed E-state index contributed by atoms with van der Waals surface area (Å²) < 4.78 is 11.2. The van der Waals surface area contributed by atoms with Crippen LogP contribution in [0.25, 0.3) is 22.3 Å². The summed E-state index contributed by atoms with van der Waals surface area (Å²) in [6.45, 7) is 6.24. The summed E-state index contributed by atoms with van der Waals surface area (Å²) in [4.78, 5) is 12.6. The van der Waals surface area contributed by atoms with Gasteiger partial charge in [0.25, 0.3) is 0 Å². The lowest BCUT2D eigenvalue weighted by Gasteiger charge is -2.12. The molecule has 3 rings (SSSR count). The predicted octanol–water partition coefficient (Wildman–Crippen LogP) is 5.82. The molecule has 6 nitrogen and oxygen atoms in total. The van der Waals surface area contributed by atoms with Crippen molar-refractivity contribution in [2.45, 2.75) is 40.0 Å². The van der Waals surface area contributed by atoms with Crippen LogP contribution in [0.5, 0.6) is 23.0 Å². The van der Waals surface area contributed by atoms with Crippen molar-refractivity contribution in [3.8, 4) is 34.3 Å². The maximum absolute atomic E-state index is 12.6. The van der Waals surface area contributed by atoms with Crippen LogP contribution in [0, 0.1) is 0 Å². The summed E-state index contributed by atoms with van der Waals surface area (Å²) in [5.74, 6) is -0.0600. The molecule has 1 heterocycles. The standard InChI is InChI=1S/C26H28O6/c1-15(2)6-5-7-16(3)8-9-17-10-19(20(28)13-23(17)31-4)24-14-22(30)26-21(29)11-18(27)12-25(26)32-24/h6,8,10-14,27-29H,5,7,9H2,1-4H3. The predicted molar refractivity (Wildman–Crippen MR) is 126 cm³/mol. The molecule has 1 aromatic heterocycles. The molecule has 0 amide bonds. The van der Waals surface area contributed by atoms with Gasteiger partial charge in [0.1, 0.15) is 39.7 Å². The number of hydrogen-bond acceptors (Lipinski definition) is 6. The van der Waals surface area contributed by atoms with Gasteiger partial charge in [-0.2, -0.15) is 0 Å². The second-order valence-electron chi connectivity index (χ2n) is 8.07. The Kier molecular flexibility index (Phi) is 6.93. The molecule has 0 saturated heterocycles. The van der Waals surface area contributed by atoms with Crippen molar-refractivity contribution in [3.63, 3.8) is 0 Å². The number of rotatable bonds is 7. The molecule has 0 unspecified atom stereocenters. The van der Waals surface area contributed by atoms with Crippen molar-refractivity contribution >= 4 is 11.0 Å². The van der Waals surface area contributed by atoms with Crippen LogP contribution < -0.4 is 10.2 Å². The van der Waals surface area contributed by atoms with Gasteiger partial charge in [0, 0.05) is 24.3 Å². The normalized spacial score (nSPS) is 11.6. The number of methoxy groups -OCH3 is 1. The first kappa shape index (κ1) is 23.0. The first-order chi connectivity index (χ1) is 15.2. The maximum atomic E-state index is 12.6. The molecule has 0 bridgehead atoms. The summed E-state index contributed by atoms with van der Waals surface area (Å²) in [5.41, 5.74) is 3.22. The maximum Gasteiger partial charge on any atom is 0.197 e. The SMILES string of the molecule is COc1cc(O)c(-c2cc(=O)c3c(O)cc(O)cc3o2)cc1CC=C(C)CCC=C(C)C. The molecule has 3 N–H and O–H groups in total. The average Bonchev–Trinajstić information content (AvgIpc) is 2.71. The lowest BCUT2D eigenvalue weighted by Crippen LogP contribution is -2.01. The molecule has 3 aromatic rings. The molecular formula is C26H28O6. The summed E-state index contributed by atoms with van der Waals surface area (Å²) in [6.07, 6.45) is 6.82. The minimum absolute atomic E-state index is 0.0248. The fourth-order valence-corrected chi connectivity index (χ4v) is 3.52. The van der Waals surface area contributed by atoms with Crippen LogP contribution >= 0.6 is 0 Å². The van der Waals surface area contributed by atoms with E-state index in [2.05, 4.69) is 32.9 Å². The van der Waals surface area contributed by atoms with E-state index < -0.39 is 5.43 Å². The number of benzene rings is 2. The summed E-state index contributed by atoms with van der Waals surface area (Å²) in [5, 5.41) is 30.2. The van der Waals surface area contributed by atoms with E-state index in [1.54, 1.807) is 6.07 Å². The Morgan fingerprint density at radius 1 is 1.00 bits per heavy atom. The van der Waals surface area contributed by atoms with Gasteiger partial charge in [0.15, 0.2) is 5.43 Å². The monoisotopic (exact) mass is 436 g/mol. The third-order valence-corrected chi connectivity index (χ3v) is 5.22. The molecular weight excluding hydrogens is 408 g/mol. The van der Waals surface area contributed by atoms with E-state index in [0.717, 1.165) is 24.5 Å². The molecule has 0 saturated carbocycles. The zero-order chi connectivity index (χ0) is 23.4. The van der Waals surface area contributed by atoms with E-state index in [-0.39, 0.29) is 34.0 Å². The number of aromatic hydroxyl groups is 3. The molecule has 6 heteroatoms. The Balaban J connectivity index is 2.01. The highest BCUT2D eigenvalue weighted by Gasteiger charge is 2.17. The summed E-state index contributed by atoms with van der Waals surface area (Å²) >= 11 is 0. The molecule has 32 heavy (non-hydrogen) atoms. The van der Waals surface area contributed by atoms with E-state index in [9.17, 15) is 20.1 Å². The number of allylic oxidation sites excluding steroid dienone is 4. The lowest BCUT2D eigenvalue weighted by molar-refractivity contribution is 0.403. The number of ether oxygens (including phenoxy) is 1. The van der Waals surface area contributed by atoms with Gasteiger partial charge >= 0.3 is 0 Å². The number of hydrogen-bond donors (Lipinski definition) is 3. The minimum Gasteiger partial charge on any atom is -0.508 e. The van der Waals surface area contributed by atoms with E-state index in [0.29, 0.717) is 17.7 Å². The molecule has 0 aliphatic heterocycles.